The van der Waals surface area contributed by atoms with E-state index in [-0.39, 0.29) is 11.3 Å². The predicted molar refractivity (Wildman–Crippen MR) is 55.2 cm³/mol. The van der Waals surface area contributed by atoms with E-state index >= 15 is 0 Å². The molecule has 1 aromatic heterocycles. The van der Waals surface area contributed by atoms with Gasteiger partial charge in [-0.15, -0.1) is 11.3 Å². The van der Waals surface area contributed by atoms with Gasteiger partial charge in [0.2, 0.25) is 0 Å². The highest BCUT2D eigenvalue weighted by atomic mass is 32.1. The zero-order chi connectivity index (χ0) is 10.3. The number of hydrogen-bond donors (Lipinski definition) is 2. The molecule has 2 aromatic rings. The largest absolute Gasteiger partial charge is 0.506 e. The Labute approximate surface area is 84.2 Å². The van der Waals surface area contributed by atoms with Crippen LogP contribution in [0.5, 0.6) is 5.75 Å². The first-order chi connectivity index (χ1) is 6.59. The number of rotatable bonds is 1. The van der Waals surface area contributed by atoms with Gasteiger partial charge in [-0.1, -0.05) is 0 Å². The molecule has 0 amide bonds. The summed E-state index contributed by atoms with van der Waals surface area (Å²) < 4.78 is 0.907. The Hall–Kier alpha value is -1.55. The van der Waals surface area contributed by atoms with Gasteiger partial charge in [0.05, 0.1) is 0 Å². The summed E-state index contributed by atoms with van der Waals surface area (Å²) in [6.45, 7) is 1.92. The molecule has 0 radical (unpaired) electrons. The maximum absolute atomic E-state index is 10.7. The van der Waals surface area contributed by atoms with E-state index in [0.717, 1.165) is 9.58 Å². The van der Waals surface area contributed by atoms with Crippen LogP contribution in [0.15, 0.2) is 18.2 Å². The summed E-state index contributed by atoms with van der Waals surface area (Å²) in [5.74, 6) is -1.24. The van der Waals surface area contributed by atoms with Crippen LogP contribution < -0.4 is 0 Å². The smallest absolute Gasteiger partial charge is 0.339 e. The number of fused-ring (bicyclic) bond motifs is 1. The molecule has 0 spiro atoms. The summed E-state index contributed by atoms with van der Waals surface area (Å²) in [7, 11) is 0. The third-order valence-electron chi connectivity index (χ3n) is 2.03. The van der Waals surface area contributed by atoms with Crippen molar-refractivity contribution in [3.8, 4) is 5.75 Å². The highest BCUT2D eigenvalue weighted by molar-refractivity contribution is 7.19. The van der Waals surface area contributed by atoms with Gasteiger partial charge in [-0.25, -0.2) is 4.79 Å². The molecule has 0 atom stereocenters. The Bertz CT molecular complexity index is 513. The van der Waals surface area contributed by atoms with Gasteiger partial charge in [0.15, 0.2) is 0 Å². The zero-order valence-corrected chi connectivity index (χ0v) is 8.26. The first-order valence-electron chi connectivity index (χ1n) is 4.05. The average molecular weight is 208 g/mol. The van der Waals surface area contributed by atoms with E-state index in [9.17, 15) is 9.90 Å². The lowest BCUT2D eigenvalue weighted by Crippen LogP contribution is -1.95. The molecule has 2 N–H and O–H groups in total. The van der Waals surface area contributed by atoms with Crippen molar-refractivity contribution in [3.63, 3.8) is 0 Å². The standard InChI is InChI=1S/C10H8O3S/c1-5-4-7-8(14-5)3-2-6(9(7)11)10(12)13/h2-4,11H,1H3,(H,12,13). The summed E-state index contributed by atoms with van der Waals surface area (Å²) in [4.78, 5) is 11.8. The van der Waals surface area contributed by atoms with Crippen molar-refractivity contribution in [1.29, 1.82) is 0 Å². The fraction of sp³-hybridized carbons (Fsp3) is 0.100. The van der Waals surface area contributed by atoms with E-state index in [1.54, 1.807) is 12.1 Å². The summed E-state index contributed by atoms with van der Waals surface area (Å²) >= 11 is 1.53. The van der Waals surface area contributed by atoms with Crippen LogP contribution in [-0.2, 0) is 0 Å². The third kappa shape index (κ3) is 1.24. The molecule has 0 saturated heterocycles. The lowest BCUT2D eigenvalue weighted by molar-refractivity contribution is 0.0694. The van der Waals surface area contributed by atoms with Crippen LogP contribution in [0.1, 0.15) is 15.2 Å². The molecule has 0 aliphatic heterocycles. The molecule has 0 unspecified atom stereocenters. The fourth-order valence-corrected chi connectivity index (χ4v) is 2.32. The van der Waals surface area contributed by atoms with E-state index in [1.807, 2.05) is 6.92 Å². The second-order valence-electron chi connectivity index (χ2n) is 3.04. The number of carbonyl (C=O) groups is 1. The van der Waals surface area contributed by atoms with E-state index in [2.05, 4.69) is 0 Å². The molecule has 4 heteroatoms. The summed E-state index contributed by atoms with van der Waals surface area (Å²) in [5.41, 5.74) is -0.0460. The molecule has 2 rings (SSSR count). The van der Waals surface area contributed by atoms with Gasteiger partial charge in [-0.05, 0) is 25.1 Å². The highest BCUT2D eigenvalue weighted by Crippen LogP contribution is 2.34. The van der Waals surface area contributed by atoms with Crippen molar-refractivity contribution in [2.45, 2.75) is 6.92 Å². The topological polar surface area (TPSA) is 57.5 Å². The number of aromatic carboxylic acids is 1. The van der Waals surface area contributed by atoms with Crippen molar-refractivity contribution in [1.82, 2.24) is 0 Å². The Morgan fingerprint density at radius 3 is 2.79 bits per heavy atom. The van der Waals surface area contributed by atoms with Gasteiger partial charge in [-0.3, -0.25) is 0 Å². The van der Waals surface area contributed by atoms with Gasteiger partial charge < -0.3 is 10.2 Å². The minimum atomic E-state index is -1.10. The third-order valence-corrected chi connectivity index (χ3v) is 3.04. The van der Waals surface area contributed by atoms with Gasteiger partial charge in [0.25, 0.3) is 0 Å². The van der Waals surface area contributed by atoms with Gasteiger partial charge in [-0.2, -0.15) is 0 Å². The Morgan fingerprint density at radius 2 is 2.14 bits per heavy atom. The predicted octanol–water partition coefficient (Wildman–Crippen LogP) is 2.61. The molecule has 72 valence electrons. The van der Waals surface area contributed by atoms with E-state index in [0.29, 0.717) is 5.39 Å². The van der Waals surface area contributed by atoms with E-state index < -0.39 is 5.97 Å². The average Bonchev–Trinajstić information content (AvgIpc) is 2.46. The van der Waals surface area contributed by atoms with E-state index in [1.165, 1.54) is 17.4 Å². The number of benzene rings is 1. The molecule has 14 heavy (non-hydrogen) atoms. The lowest BCUT2D eigenvalue weighted by atomic mass is 10.1. The van der Waals surface area contributed by atoms with Crippen LogP contribution in [0.3, 0.4) is 0 Å². The normalized spacial score (nSPS) is 10.6. The molecule has 0 saturated carbocycles. The molecule has 1 heterocycles. The van der Waals surface area contributed by atoms with Gasteiger partial charge in [0.1, 0.15) is 11.3 Å². The molecule has 3 nitrogen and oxygen atoms in total. The molecule has 0 aliphatic carbocycles. The highest BCUT2D eigenvalue weighted by Gasteiger charge is 2.13. The molecule has 1 aromatic carbocycles. The lowest BCUT2D eigenvalue weighted by Gasteiger charge is -1.99. The first-order valence-corrected chi connectivity index (χ1v) is 4.86. The first kappa shape index (κ1) is 9.02. The van der Waals surface area contributed by atoms with Crippen molar-refractivity contribution in [3.05, 3.63) is 28.6 Å². The molecular formula is C10H8O3S. The zero-order valence-electron chi connectivity index (χ0n) is 7.44. The van der Waals surface area contributed by atoms with Gasteiger partial charge >= 0.3 is 5.97 Å². The molecular weight excluding hydrogens is 200 g/mol. The Balaban J connectivity index is 2.80. The van der Waals surface area contributed by atoms with Crippen molar-refractivity contribution in [2.24, 2.45) is 0 Å². The maximum atomic E-state index is 10.7. The quantitative estimate of drug-likeness (QED) is 0.757. The number of carboxylic acid groups (broad SMARTS) is 1. The van der Waals surface area contributed by atoms with Crippen LogP contribution in [0.4, 0.5) is 0 Å². The fourth-order valence-electron chi connectivity index (χ4n) is 1.40. The van der Waals surface area contributed by atoms with Crippen LogP contribution in [0, 0.1) is 6.92 Å². The maximum Gasteiger partial charge on any atom is 0.339 e. The van der Waals surface area contributed by atoms with Crippen LogP contribution in [-0.4, -0.2) is 16.2 Å². The number of carboxylic acids is 1. The second kappa shape index (κ2) is 2.99. The Morgan fingerprint density at radius 1 is 1.43 bits per heavy atom. The summed E-state index contributed by atoms with van der Waals surface area (Å²) in [5, 5.41) is 19.1. The van der Waals surface area contributed by atoms with Gasteiger partial charge in [0, 0.05) is 15.0 Å². The minimum absolute atomic E-state index is 0.0460. The molecule has 0 fully saturated rings. The number of thiophene rings is 1. The van der Waals surface area contributed by atoms with Crippen molar-refractivity contribution in [2.75, 3.05) is 0 Å². The number of aromatic hydroxyl groups is 1. The number of aryl methyl sites for hydroxylation is 1. The Kier molecular flexibility index (Phi) is 1.93. The van der Waals surface area contributed by atoms with Crippen LogP contribution in [0.25, 0.3) is 10.1 Å². The molecule has 0 bridgehead atoms. The molecule has 0 aliphatic rings. The SMILES string of the molecule is Cc1cc2c(O)c(C(=O)O)ccc2s1. The van der Waals surface area contributed by atoms with E-state index in [4.69, 9.17) is 5.11 Å². The van der Waals surface area contributed by atoms with Crippen LogP contribution >= 0.6 is 11.3 Å². The van der Waals surface area contributed by atoms with Crippen molar-refractivity contribution >= 4 is 27.4 Å². The summed E-state index contributed by atoms with van der Waals surface area (Å²) in [6.07, 6.45) is 0. The summed E-state index contributed by atoms with van der Waals surface area (Å²) in [6, 6.07) is 4.94. The van der Waals surface area contributed by atoms with Crippen molar-refractivity contribution < 1.29 is 15.0 Å². The monoisotopic (exact) mass is 208 g/mol. The van der Waals surface area contributed by atoms with Crippen LogP contribution in [0.2, 0.25) is 0 Å². The number of hydrogen-bond acceptors (Lipinski definition) is 3. The minimum Gasteiger partial charge on any atom is -0.506 e. The number of phenols is 1. The second-order valence-corrected chi connectivity index (χ2v) is 4.32.